The highest BCUT2D eigenvalue weighted by atomic mass is 32.1. The summed E-state index contributed by atoms with van der Waals surface area (Å²) in [6, 6.07) is 2.16. The molecule has 0 atom stereocenters. The number of aromatic nitrogens is 5. The summed E-state index contributed by atoms with van der Waals surface area (Å²) in [4.78, 5) is 13.7. The van der Waals surface area contributed by atoms with E-state index in [0.29, 0.717) is 5.95 Å². The lowest BCUT2D eigenvalue weighted by molar-refractivity contribution is 0.557. The van der Waals surface area contributed by atoms with Crippen LogP contribution < -0.4 is 10.2 Å². The number of hydrogen-bond donors (Lipinski definition) is 1. The van der Waals surface area contributed by atoms with Crippen molar-refractivity contribution in [3.63, 3.8) is 0 Å². The summed E-state index contributed by atoms with van der Waals surface area (Å²) >= 11 is 1.70. The van der Waals surface area contributed by atoms with Crippen molar-refractivity contribution in [1.29, 1.82) is 0 Å². The van der Waals surface area contributed by atoms with Crippen LogP contribution in [0.15, 0.2) is 12.4 Å². The second kappa shape index (κ2) is 4.66. The first-order chi connectivity index (χ1) is 10.2. The molecule has 0 radical (unpaired) electrons. The van der Waals surface area contributed by atoms with Gasteiger partial charge in [0.15, 0.2) is 5.82 Å². The molecule has 4 rings (SSSR count). The Morgan fingerprint density at radius 2 is 2.19 bits per heavy atom. The van der Waals surface area contributed by atoms with Crippen molar-refractivity contribution >= 4 is 33.3 Å². The highest BCUT2D eigenvalue weighted by Gasteiger charge is 2.22. The molecule has 21 heavy (non-hydrogen) atoms. The molecule has 0 spiro atoms. The maximum Gasteiger partial charge on any atom is 0.225 e. The van der Waals surface area contributed by atoms with Crippen molar-refractivity contribution in [2.45, 2.75) is 20.0 Å². The molecule has 0 unspecified atom stereocenters. The molecular formula is C13H15N7S. The molecule has 0 fully saturated rings. The molecule has 4 heterocycles. The number of aryl methyl sites for hydroxylation is 1. The van der Waals surface area contributed by atoms with E-state index in [1.165, 1.54) is 4.88 Å². The molecule has 3 aromatic rings. The average molecular weight is 301 g/mol. The Bertz CT molecular complexity index is 806. The standard InChI is InChI=1S/C13H15N7S/c1-8-5-9-11(16-13(14-2)17-12(9)21-8)19-3-4-20-7-15-18-10(20)6-19/h5,7H,3-4,6H2,1-2H3,(H,14,16,17). The van der Waals surface area contributed by atoms with Crippen molar-refractivity contribution < 1.29 is 0 Å². The Hall–Kier alpha value is -2.22. The van der Waals surface area contributed by atoms with Gasteiger partial charge in [-0.2, -0.15) is 4.98 Å². The van der Waals surface area contributed by atoms with E-state index >= 15 is 0 Å². The summed E-state index contributed by atoms with van der Waals surface area (Å²) in [6.45, 7) is 4.60. The Balaban J connectivity index is 1.82. The van der Waals surface area contributed by atoms with E-state index in [9.17, 15) is 0 Å². The molecule has 1 aliphatic heterocycles. The zero-order chi connectivity index (χ0) is 14.4. The zero-order valence-electron chi connectivity index (χ0n) is 11.9. The van der Waals surface area contributed by atoms with Gasteiger partial charge < -0.3 is 14.8 Å². The van der Waals surface area contributed by atoms with E-state index in [4.69, 9.17) is 0 Å². The molecule has 7 nitrogen and oxygen atoms in total. The second-order valence-corrected chi connectivity index (χ2v) is 6.29. The molecule has 0 amide bonds. The first-order valence-corrected chi connectivity index (χ1v) is 7.64. The second-order valence-electron chi connectivity index (χ2n) is 5.06. The Morgan fingerprint density at radius 1 is 1.29 bits per heavy atom. The number of rotatable bonds is 2. The van der Waals surface area contributed by atoms with Gasteiger partial charge >= 0.3 is 0 Å². The van der Waals surface area contributed by atoms with Gasteiger partial charge in [0.25, 0.3) is 0 Å². The Kier molecular flexibility index (Phi) is 2.78. The molecule has 0 aromatic carbocycles. The number of thiophene rings is 1. The summed E-state index contributed by atoms with van der Waals surface area (Å²) in [5.74, 6) is 2.61. The predicted molar refractivity (Wildman–Crippen MR) is 82.8 cm³/mol. The lowest BCUT2D eigenvalue weighted by atomic mass is 10.3. The van der Waals surface area contributed by atoms with Crippen molar-refractivity contribution in [1.82, 2.24) is 24.7 Å². The number of fused-ring (bicyclic) bond motifs is 2. The van der Waals surface area contributed by atoms with E-state index < -0.39 is 0 Å². The van der Waals surface area contributed by atoms with Gasteiger partial charge in [0.1, 0.15) is 17.0 Å². The van der Waals surface area contributed by atoms with Crippen molar-refractivity contribution in [2.75, 3.05) is 23.8 Å². The number of hydrogen-bond acceptors (Lipinski definition) is 7. The first-order valence-electron chi connectivity index (χ1n) is 6.82. The van der Waals surface area contributed by atoms with Gasteiger partial charge in [-0.15, -0.1) is 21.5 Å². The fourth-order valence-corrected chi connectivity index (χ4v) is 3.50. The third kappa shape index (κ3) is 2.02. The third-order valence-corrected chi connectivity index (χ3v) is 4.60. The molecular weight excluding hydrogens is 286 g/mol. The van der Waals surface area contributed by atoms with Gasteiger partial charge in [-0.1, -0.05) is 0 Å². The Labute approximate surface area is 125 Å². The van der Waals surface area contributed by atoms with Crippen LogP contribution in [0.4, 0.5) is 11.8 Å². The molecule has 0 aliphatic carbocycles. The van der Waals surface area contributed by atoms with Crippen LogP contribution in [0.1, 0.15) is 10.7 Å². The van der Waals surface area contributed by atoms with E-state index in [1.807, 2.05) is 7.05 Å². The quantitative estimate of drug-likeness (QED) is 0.776. The Morgan fingerprint density at radius 3 is 3.05 bits per heavy atom. The number of nitrogens with one attached hydrogen (secondary N) is 1. The van der Waals surface area contributed by atoms with Crippen LogP contribution >= 0.6 is 11.3 Å². The highest BCUT2D eigenvalue weighted by molar-refractivity contribution is 7.18. The molecule has 1 N–H and O–H groups in total. The van der Waals surface area contributed by atoms with E-state index in [0.717, 1.165) is 41.5 Å². The fourth-order valence-electron chi connectivity index (χ4n) is 2.63. The SMILES string of the molecule is CNc1nc(N2CCn3cnnc3C2)c2cc(C)sc2n1. The van der Waals surface area contributed by atoms with Crippen LogP contribution in [0, 0.1) is 6.92 Å². The number of nitrogens with zero attached hydrogens (tertiary/aromatic N) is 6. The van der Waals surface area contributed by atoms with Gasteiger partial charge in [0.2, 0.25) is 5.95 Å². The van der Waals surface area contributed by atoms with Crippen molar-refractivity contribution in [2.24, 2.45) is 0 Å². The number of anilines is 2. The minimum Gasteiger partial charge on any atom is -0.357 e. The maximum absolute atomic E-state index is 4.67. The smallest absolute Gasteiger partial charge is 0.225 e. The maximum atomic E-state index is 4.67. The van der Waals surface area contributed by atoms with Gasteiger partial charge in [0, 0.05) is 25.0 Å². The van der Waals surface area contributed by atoms with Crippen LogP contribution in [0.3, 0.4) is 0 Å². The first kappa shape index (κ1) is 12.5. The van der Waals surface area contributed by atoms with E-state index in [2.05, 4.69) is 47.9 Å². The minimum atomic E-state index is 0.659. The topological polar surface area (TPSA) is 71.8 Å². The molecule has 0 saturated carbocycles. The third-order valence-electron chi connectivity index (χ3n) is 3.66. The largest absolute Gasteiger partial charge is 0.357 e. The summed E-state index contributed by atoms with van der Waals surface area (Å²) in [5.41, 5.74) is 0. The average Bonchev–Trinajstić information content (AvgIpc) is 3.09. The summed E-state index contributed by atoms with van der Waals surface area (Å²) in [6.07, 6.45) is 1.79. The molecule has 8 heteroatoms. The van der Waals surface area contributed by atoms with Crippen LogP contribution in [0.2, 0.25) is 0 Å². The monoisotopic (exact) mass is 301 g/mol. The molecule has 3 aromatic heterocycles. The fraction of sp³-hybridized carbons (Fsp3) is 0.385. The summed E-state index contributed by atoms with van der Waals surface area (Å²) in [7, 11) is 1.85. The molecule has 0 saturated heterocycles. The highest BCUT2D eigenvalue weighted by Crippen LogP contribution is 2.32. The molecule has 108 valence electrons. The summed E-state index contributed by atoms with van der Waals surface area (Å²) < 4.78 is 2.09. The van der Waals surface area contributed by atoms with Crippen LogP contribution in [-0.2, 0) is 13.1 Å². The van der Waals surface area contributed by atoms with Gasteiger partial charge in [0.05, 0.1) is 11.9 Å². The van der Waals surface area contributed by atoms with Crippen LogP contribution in [-0.4, -0.2) is 38.3 Å². The van der Waals surface area contributed by atoms with Crippen molar-refractivity contribution in [3.8, 4) is 0 Å². The molecule has 1 aliphatic rings. The van der Waals surface area contributed by atoms with E-state index in [-0.39, 0.29) is 0 Å². The van der Waals surface area contributed by atoms with Gasteiger partial charge in [-0.25, -0.2) is 4.98 Å². The zero-order valence-corrected chi connectivity index (χ0v) is 12.7. The summed E-state index contributed by atoms with van der Waals surface area (Å²) in [5, 5.41) is 12.3. The molecule has 0 bridgehead atoms. The van der Waals surface area contributed by atoms with Crippen LogP contribution in [0.25, 0.3) is 10.2 Å². The van der Waals surface area contributed by atoms with Crippen LogP contribution in [0.5, 0.6) is 0 Å². The van der Waals surface area contributed by atoms with E-state index in [1.54, 1.807) is 17.7 Å². The lowest BCUT2D eigenvalue weighted by Crippen LogP contribution is -2.34. The van der Waals surface area contributed by atoms with Gasteiger partial charge in [-0.3, -0.25) is 0 Å². The normalized spacial score (nSPS) is 14.5. The van der Waals surface area contributed by atoms with Gasteiger partial charge in [-0.05, 0) is 13.0 Å². The predicted octanol–water partition coefficient (Wildman–Crippen LogP) is 1.65. The minimum absolute atomic E-state index is 0.659. The lowest BCUT2D eigenvalue weighted by Gasteiger charge is -2.28. The van der Waals surface area contributed by atoms with Crippen molar-refractivity contribution in [3.05, 3.63) is 23.1 Å².